The second kappa shape index (κ2) is 6.10. The van der Waals surface area contributed by atoms with Crippen LogP contribution < -0.4 is 11.1 Å². The van der Waals surface area contributed by atoms with Crippen molar-refractivity contribution in [1.82, 2.24) is 5.32 Å². The molecule has 2 bridgehead atoms. The number of unbranched alkanes of at least 4 members (excludes halogenated alkanes) is 1. The Morgan fingerprint density at radius 2 is 2.12 bits per heavy atom. The first kappa shape index (κ1) is 13.2. The Morgan fingerprint density at radius 3 is 2.76 bits per heavy atom. The average Bonchev–Trinajstić information content (AvgIpc) is 2.89. The zero-order valence-electron chi connectivity index (χ0n) is 10.7. The van der Waals surface area contributed by atoms with Crippen molar-refractivity contribution < 1.29 is 4.79 Å². The minimum absolute atomic E-state index is 0.106. The van der Waals surface area contributed by atoms with Crippen LogP contribution in [0.2, 0.25) is 0 Å². The fourth-order valence-corrected chi connectivity index (χ4v) is 3.92. The molecule has 4 heteroatoms. The van der Waals surface area contributed by atoms with E-state index in [0.29, 0.717) is 11.8 Å². The number of nitrogens with two attached hydrogens (primary N) is 1. The summed E-state index contributed by atoms with van der Waals surface area (Å²) in [4.78, 5) is 12.1. The second-order valence-corrected chi connectivity index (χ2v) is 6.41. The zero-order valence-corrected chi connectivity index (χ0v) is 11.5. The minimum Gasteiger partial charge on any atom is -0.356 e. The van der Waals surface area contributed by atoms with Crippen LogP contribution >= 0.6 is 11.8 Å². The highest BCUT2D eigenvalue weighted by molar-refractivity contribution is 7.98. The van der Waals surface area contributed by atoms with Crippen LogP contribution in [0.1, 0.15) is 32.1 Å². The topological polar surface area (TPSA) is 55.1 Å². The Bertz CT molecular complexity index is 270. The third-order valence-electron chi connectivity index (χ3n) is 4.36. The number of hydrogen-bond acceptors (Lipinski definition) is 3. The van der Waals surface area contributed by atoms with Gasteiger partial charge in [0, 0.05) is 12.6 Å². The zero-order chi connectivity index (χ0) is 12.3. The van der Waals surface area contributed by atoms with Crippen molar-refractivity contribution in [3.05, 3.63) is 0 Å². The van der Waals surface area contributed by atoms with E-state index in [9.17, 15) is 4.79 Å². The maximum atomic E-state index is 12.1. The van der Waals surface area contributed by atoms with Crippen molar-refractivity contribution >= 4 is 17.7 Å². The molecule has 0 aromatic carbocycles. The summed E-state index contributed by atoms with van der Waals surface area (Å²) in [6.07, 6.45) is 8.03. The Kier molecular flexibility index (Phi) is 4.74. The van der Waals surface area contributed by atoms with Crippen molar-refractivity contribution in [3.63, 3.8) is 0 Å². The summed E-state index contributed by atoms with van der Waals surface area (Å²) in [6.45, 7) is 0.819. The van der Waals surface area contributed by atoms with Gasteiger partial charge in [-0.25, -0.2) is 0 Å². The molecular weight excluding hydrogens is 232 g/mol. The Morgan fingerprint density at radius 1 is 1.35 bits per heavy atom. The second-order valence-electron chi connectivity index (χ2n) is 5.43. The van der Waals surface area contributed by atoms with Gasteiger partial charge in [-0.3, -0.25) is 4.79 Å². The number of amides is 1. The molecule has 4 atom stereocenters. The van der Waals surface area contributed by atoms with E-state index in [1.807, 2.05) is 11.8 Å². The first-order valence-corrected chi connectivity index (χ1v) is 8.15. The molecule has 98 valence electrons. The molecule has 0 aromatic rings. The monoisotopic (exact) mass is 256 g/mol. The lowest BCUT2D eigenvalue weighted by atomic mass is 9.84. The number of carbonyl (C=O) groups excluding carboxylic acids is 1. The standard InChI is InChI=1S/C13H24N2OS/c1-17-7-3-2-6-15-13(16)11-9-4-5-10(8-9)12(11)14/h9-12H,2-8,14H2,1H3,(H,15,16)/t9-,10-,11-,12+/m0/s1. The molecule has 0 heterocycles. The van der Waals surface area contributed by atoms with Crippen molar-refractivity contribution in [1.29, 1.82) is 0 Å². The lowest BCUT2D eigenvalue weighted by Gasteiger charge is -2.27. The molecule has 0 aromatic heterocycles. The van der Waals surface area contributed by atoms with E-state index in [1.165, 1.54) is 31.4 Å². The SMILES string of the molecule is CSCCCCNC(=O)[C@H]1[C@H]2CC[C@@H](C2)[C@H]1N. The van der Waals surface area contributed by atoms with Crippen LogP contribution in [0.25, 0.3) is 0 Å². The van der Waals surface area contributed by atoms with Gasteiger partial charge in [0.15, 0.2) is 0 Å². The first-order valence-electron chi connectivity index (χ1n) is 6.76. The van der Waals surface area contributed by atoms with Crippen molar-refractivity contribution in [2.75, 3.05) is 18.6 Å². The average molecular weight is 256 g/mol. The molecule has 0 saturated heterocycles. The molecule has 2 saturated carbocycles. The van der Waals surface area contributed by atoms with Crippen LogP contribution in [0.4, 0.5) is 0 Å². The summed E-state index contributed by atoms with van der Waals surface area (Å²) in [5.41, 5.74) is 6.15. The molecule has 2 aliphatic carbocycles. The fourth-order valence-electron chi connectivity index (χ4n) is 3.43. The molecule has 0 radical (unpaired) electrons. The lowest BCUT2D eigenvalue weighted by Crippen LogP contribution is -2.45. The largest absolute Gasteiger partial charge is 0.356 e. The highest BCUT2D eigenvalue weighted by Gasteiger charge is 2.48. The van der Waals surface area contributed by atoms with Crippen molar-refractivity contribution in [2.24, 2.45) is 23.5 Å². The number of fused-ring (bicyclic) bond motifs is 2. The Balaban J connectivity index is 1.69. The number of thioether (sulfide) groups is 1. The van der Waals surface area contributed by atoms with Crippen LogP contribution in [-0.2, 0) is 4.79 Å². The van der Waals surface area contributed by atoms with Crippen LogP contribution in [-0.4, -0.2) is 30.5 Å². The van der Waals surface area contributed by atoms with Gasteiger partial charge in [-0.1, -0.05) is 0 Å². The molecule has 3 N–H and O–H groups in total. The number of rotatable bonds is 6. The van der Waals surface area contributed by atoms with Gasteiger partial charge in [0.1, 0.15) is 0 Å². The van der Waals surface area contributed by atoms with Crippen molar-refractivity contribution in [3.8, 4) is 0 Å². The molecule has 0 spiro atoms. The van der Waals surface area contributed by atoms with Gasteiger partial charge in [-0.05, 0) is 55.9 Å². The van der Waals surface area contributed by atoms with Crippen LogP contribution in [0.5, 0.6) is 0 Å². The van der Waals surface area contributed by atoms with Crippen LogP contribution in [0.3, 0.4) is 0 Å². The molecule has 0 unspecified atom stereocenters. The van der Waals surface area contributed by atoms with Crippen LogP contribution in [0, 0.1) is 17.8 Å². The van der Waals surface area contributed by atoms with Gasteiger partial charge in [0.05, 0.1) is 5.92 Å². The van der Waals surface area contributed by atoms with Gasteiger partial charge in [0.2, 0.25) is 5.91 Å². The van der Waals surface area contributed by atoms with E-state index < -0.39 is 0 Å². The Hall–Kier alpha value is -0.220. The molecule has 1 amide bonds. The van der Waals surface area contributed by atoms with Gasteiger partial charge in [0.25, 0.3) is 0 Å². The predicted molar refractivity (Wildman–Crippen MR) is 72.9 cm³/mol. The highest BCUT2D eigenvalue weighted by Crippen LogP contribution is 2.47. The lowest BCUT2D eigenvalue weighted by molar-refractivity contribution is -0.127. The third kappa shape index (κ3) is 2.97. The number of hydrogen-bond donors (Lipinski definition) is 2. The van der Waals surface area contributed by atoms with E-state index >= 15 is 0 Å². The van der Waals surface area contributed by atoms with E-state index in [1.54, 1.807) is 0 Å². The smallest absolute Gasteiger partial charge is 0.224 e. The minimum atomic E-state index is 0.106. The molecular formula is C13H24N2OS. The van der Waals surface area contributed by atoms with E-state index in [0.717, 1.165) is 13.0 Å². The van der Waals surface area contributed by atoms with E-state index in [-0.39, 0.29) is 17.9 Å². The number of nitrogens with one attached hydrogen (secondary N) is 1. The normalized spacial score (nSPS) is 35.2. The van der Waals surface area contributed by atoms with Gasteiger partial charge >= 0.3 is 0 Å². The summed E-state index contributed by atoms with van der Waals surface area (Å²) in [7, 11) is 0. The molecule has 2 fully saturated rings. The van der Waals surface area contributed by atoms with Gasteiger partial charge in [-0.2, -0.15) is 11.8 Å². The van der Waals surface area contributed by atoms with Gasteiger partial charge in [-0.15, -0.1) is 0 Å². The fraction of sp³-hybridized carbons (Fsp3) is 0.923. The third-order valence-corrected chi connectivity index (χ3v) is 5.05. The highest BCUT2D eigenvalue weighted by atomic mass is 32.2. The van der Waals surface area contributed by atoms with Crippen molar-refractivity contribution in [2.45, 2.75) is 38.1 Å². The maximum absolute atomic E-state index is 12.1. The summed E-state index contributed by atoms with van der Waals surface area (Å²) in [5.74, 6) is 2.69. The summed E-state index contributed by atoms with van der Waals surface area (Å²) < 4.78 is 0. The maximum Gasteiger partial charge on any atom is 0.224 e. The summed E-state index contributed by atoms with van der Waals surface area (Å²) in [6, 6.07) is 0.125. The summed E-state index contributed by atoms with van der Waals surface area (Å²) in [5, 5.41) is 3.07. The van der Waals surface area contributed by atoms with Crippen LogP contribution in [0.15, 0.2) is 0 Å². The van der Waals surface area contributed by atoms with E-state index in [2.05, 4.69) is 11.6 Å². The summed E-state index contributed by atoms with van der Waals surface area (Å²) >= 11 is 1.86. The number of carbonyl (C=O) groups is 1. The first-order chi connectivity index (χ1) is 8.24. The molecule has 3 nitrogen and oxygen atoms in total. The van der Waals surface area contributed by atoms with E-state index in [4.69, 9.17) is 5.73 Å². The molecule has 17 heavy (non-hydrogen) atoms. The Labute approximate surface area is 108 Å². The molecule has 0 aliphatic heterocycles. The molecule has 2 rings (SSSR count). The predicted octanol–water partition coefficient (Wildman–Crippen LogP) is 1.62. The quantitative estimate of drug-likeness (QED) is 0.710. The van der Waals surface area contributed by atoms with Gasteiger partial charge < -0.3 is 11.1 Å². The molecule has 2 aliphatic rings.